The number of thiophene rings is 1. The van der Waals surface area contributed by atoms with Gasteiger partial charge in [-0.3, -0.25) is 9.69 Å². The molecule has 1 saturated heterocycles. The largest absolute Gasteiger partial charge is 0.372 e. The molecule has 2 heterocycles. The molecule has 5 nitrogen and oxygen atoms in total. The smallest absolute Gasteiger partial charge is 0.258 e. The molecule has 0 bridgehead atoms. The topological polar surface area (TPSA) is 67.6 Å². The summed E-state index contributed by atoms with van der Waals surface area (Å²) >= 11 is 1.51. The van der Waals surface area contributed by atoms with Crippen LogP contribution in [0.25, 0.3) is 0 Å². The van der Waals surface area contributed by atoms with Crippen LogP contribution in [0.4, 0.5) is 0 Å². The van der Waals surface area contributed by atoms with Gasteiger partial charge < -0.3 is 15.8 Å². The third-order valence-corrected chi connectivity index (χ3v) is 7.47. The Morgan fingerprint density at radius 1 is 1.44 bits per heavy atom. The zero-order chi connectivity index (χ0) is 18.0. The van der Waals surface area contributed by atoms with Crippen LogP contribution in [0.2, 0.25) is 0 Å². The van der Waals surface area contributed by atoms with E-state index in [0.717, 1.165) is 37.5 Å². The lowest BCUT2D eigenvalue weighted by Gasteiger charge is -2.50. The molecule has 3 unspecified atom stereocenters. The van der Waals surface area contributed by atoms with Gasteiger partial charge in [-0.05, 0) is 37.4 Å². The highest BCUT2D eigenvalue weighted by atomic mass is 32.1. The normalized spacial score (nSPS) is 30.4. The quantitative estimate of drug-likeness (QED) is 0.779. The minimum Gasteiger partial charge on any atom is -0.372 e. The molecule has 1 amide bonds. The van der Waals surface area contributed by atoms with Crippen molar-refractivity contribution in [3.63, 3.8) is 0 Å². The molecule has 25 heavy (non-hydrogen) atoms. The minimum atomic E-state index is -0.349. The van der Waals surface area contributed by atoms with Gasteiger partial charge in [0.1, 0.15) is 5.60 Å². The maximum Gasteiger partial charge on any atom is 0.258 e. The molecule has 140 valence electrons. The first-order chi connectivity index (χ1) is 12.0. The van der Waals surface area contributed by atoms with Crippen molar-refractivity contribution in [2.24, 2.45) is 17.6 Å². The Hall–Kier alpha value is -0.950. The highest BCUT2D eigenvalue weighted by Crippen LogP contribution is 2.50. The first-order valence-electron chi connectivity index (χ1n) is 9.42. The average molecular weight is 366 g/mol. The lowest BCUT2D eigenvalue weighted by atomic mass is 9.67. The lowest BCUT2D eigenvalue weighted by Crippen LogP contribution is -2.60. The number of hydrogen-bond acceptors (Lipinski definition) is 5. The second-order valence-electron chi connectivity index (χ2n) is 7.45. The Labute approximate surface area is 154 Å². The second-order valence-corrected chi connectivity index (χ2v) is 8.54. The van der Waals surface area contributed by atoms with Crippen molar-refractivity contribution in [3.05, 3.63) is 21.9 Å². The highest BCUT2D eigenvalue weighted by Gasteiger charge is 2.49. The fraction of sp³-hybridized carbons (Fsp3) is 0.737. The van der Waals surface area contributed by atoms with Crippen molar-refractivity contribution in [1.29, 1.82) is 0 Å². The molecule has 3 rings (SSSR count). The highest BCUT2D eigenvalue weighted by molar-refractivity contribution is 7.14. The summed E-state index contributed by atoms with van der Waals surface area (Å²) in [6.07, 6.45) is 3.56. The van der Waals surface area contributed by atoms with E-state index < -0.39 is 0 Å². The number of likely N-dealkylation sites (N-methyl/N-ethyl adjacent to an activating group) is 1. The summed E-state index contributed by atoms with van der Waals surface area (Å²) in [6, 6.07) is 4.56. The third-order valence-electron chi connectivity index (χ3n) is 6.24. The predicted molar refractivity (Wildman–Crippen MR) is 102 cm³/mol. The Balaban J connectivity index is 1.91. The Kier molecular flexibility index (Phi) is 5.83. The fourth-order valence-corrected chi connectivity index (χ4v) is 5.89. The number of ether oxygens (including phenoxy) is 1. The molecule has 0 radical (unpaired) electrons. The molecule has 2 aliphatic rings. The number of carbonyl (C=O) groups excluding carboxylic acids is 1. The number of nitrogens with two attached hydrogens (primary N) is 1. The first-order valence-corrected chi connectivity index (χ1v) is 10.2. The SMILES string of the molecule is CCN(CC1CCCC(C)C1(OC)c1ccc(C(N)=O)s1)C1CNC1. The van der Waals surface area contributed by atoms with Crippen molar-refractivity contribution in [2.75, 3.05) is 33.3 Å². The standard InChI is InChI=1S/C19H31N3O2S/c1-4-22(15-10-21-11-15)12-14-7-5-6-13(2)19(14,24-3)17-9-8-16(25-17)18(20)23/h8-9,13-15,21H,4-7,10-12H2,1-3H3,(H2,20,23). The van der Waals surface area contributed by atoms with Crippen molar-refractivity contribution in [1.82, 2.24) is 10.2 Å². The number of amides is 1. The number of nitrogens with zero attached hydrogens (tertiary/aromatic N) is 1. The van der Waals surface area contributed by atoms with Gasteiger partial charge >= 0.3 is 0 Å². The van der Waals surface area contributed by atoms with Crippen LogP contribution >= 0.6 is 11.3 Å². The van der Waals surface area contributed by atoms with Crippen molar-refractivity contribution in [3.8, 4) is 0 Å². The Morgan fingerprint density at radius 2 is 2.20 bits per heavy atom. The van der Waals surface area contributed by atoms with Gasteiger partial charge in [-0.1, -0.05) is 20.3 Å². The number of rotatable bonds is 7. The van der Waals surface area contributed by atoms with Crippen molar-refractivity contribution in [2.45, 2.75) is 44.8 Å². The summed E-state index contributed by atoms with van der Waals surface area (Å²) in [6.45, 7) is 8.82. The van der Waals surface area contributed by atoms with E-state index in [1.54, 1.807) is 0 Å². The summed E-state index contributed by atoms with van der Waals surface area (Å²) in [5.41, 5.74) is 5.18. The summed E-state index contributed by atoms with van der Waals surface area (Å²) in [5, 5.41) is 3.38. The van der Waals surface area contributed by atoms with Crippen molar-refractivity contribution < 1.29 is 9.53 Å². The van der Waals surface area contributed by atoms with E-state index >= 15 is 0 Å². The van der Waals surface area contributed by atoms with Gasteiger partial charge in [-0.25, -0.2) is 0 Å². The van der Waals surface area contributed by atoms with E-state index in [9.17, 15) is 4.79 Å². The fourth-order valence-electron chi connectivity index (χ4n) is 4.67. The molecule has 1 saturated carbocycles. The van der Waals surface area contributed by atoms with Crippen LogP contribution in [-0.4, -0.2) is 50.1 Å². The molecular formula is C19H31N3O2S. The maximum atomic E-state index is 11.6. The van der Waals surface area contributed by atoms with Gasteiger partial charge in [-0.2, -0.15) is 0 Å². The molecular weight excluding hydrogens is 334 g/mol. The number of carbonyl (C=O) groups is 1. The summed E-state index contributed by atoms with van der Waals surface area (Å²) < 4.78 is 6.28. The second kappa shape index (κ2) is 7.74. The van der Waals surface area contributed by atoms with Gasteiger partial charge in [0.2, 0.25) is 0 Å². The van der Waals surface area contributed by atoms with Crippen LogP contribution in [0, 0.1) is 11.8 Å². The van der Waals surface area contributed by atoms with Crippen LogP contribution in [0.5, 0.6) is 0 Å². The lowest BCUT2D eigenvalue weighted by molar-refractivity contribution is -0.132. The summed E-state index contributed by atoms with van der Waals surface area (Å²) in [4.78, 5) is 16.0. The molecule has 1 aromatic heterocycles. The third kappa shape index (κ3) is 3.37. The Morgan fingerprint density at radius 3 is 2.72 bits per heavy atom. The van der Waals surface area contributed by atoms with Crippen LogP contribution in [-0.2, 0) is 10.3 Å². The zero-order valence-electron chi connectivity index (χ0n) is 15.6. The van der Waals surface area contributed by atoms with Gasteiger partial charge in [0.25, 0.3) is 5.91 Å². The molecule has 2 fully saturated rings. The molecule has 3 atom stereocenters. The molecule has 0 aromatic carbocycles. The number of hydrogen-bond donors (Lipinski definition) is 2. The van der Waals surface area contributed by atoms with Crippen LogP contribution < -0.4 is 11.1 Å². The summed E-state index contributed by atoms with van der Waals surface area (Å²) in [7, 11) is 1.83. The minimum absolute atomic E-state index is 0.318. The molecule has 1 aliphatic heterocycles. The number of primary amides is 1. The molecule has 3 N–H and O–H groups in total. The van der Waals surface area contributed by atoms with E-state index in [1.807, 2.05) is 13.2 Å². The monoisotopic (exact) mass is 365 g/mol. The Bertz CT molecular complexity index is 601. The first kappa shape index (κ1) is 18.8. The van der Waals surface area contributed by atoms with E-state index in [4.69, 9.17) is 10.5 Å². The average Bonchev–Trinajstić information content (AvgIpc) is 3.03. The summed E-state index contributed by atoms with van der Waals surface area (Å²) in [5.74, 6) is 0.508. The molecule has 1 aromatic rings. The van der Waals surface area contributed by atoms with Crippen LogP contribution in [0.15, 0.2) is 12.1 Å². The molecule has 1 aliphatic carbocycles. The predicted octanol–water partition coefficient (Wildman–Crippen LogP) is 2.42. The number of nitrogens with one attached hydrogen (secondary N) is 1. The van der Waals surface area contributed by atoms with E-state index in [0.29, 0.717) is 22.8 Å². The van der Waals surface area contributed by atoms with Gasteiger partial charge in [-0.15, -0.1) is 11.3 Å². The molecule has 0 spiro atoms. The zero-order valence-corrected chi connectivity index (χ0v) is 16.4. The molecule has 6 heteroatoms. The van der Waals surface area contributed by atoms with Gasteiger partial charge in [0, 0.05) is 43.6 Å². The van der Waals surface area contributed by atoms with Gasteiger partial charge in [0.15, 0.2) is 0 Å². The van der Waals surface area contributed by atoms with E-state index in [1.165, 1.54) is 24.2 Å². The van der Waals surface area contributed by atoms with Gasteiger partial charge in [0.05, 0.1) is 4.88 Å². The number of methoxy groups -OCH3 is 1. The van der Waals surface area contributed by atoms with Crippen molar-refractivity contribution >= 4 is 17.2 Å². The van der Waals surface area contributed by atoms with E-state index in [2.05, 4.69) is 30.1 Å². The van der Waals surface area contributed by atoms with Crippen LogP contribution in [0.3, 0.4) is 0 Å². The van der Waals surface area contributed by atoms with Crippen LogP contribution in [0.1, 0.15) is 47.7 Å². The van der Waals surface area contributed by atoms with E-state index in [-0.39, 0.29) is 11.5 Å². The maximum absolute atomic E-state index is 11.6.